The van der Waals surface area contributed by atoms with Gasteiger partial charge in [0.25, 0.3) is 0 Å². The third-order valence-corrected chi connectivity index (χ3v) is 6.45. The minimum absolute atomic E-state index is 0.00728. The second-order valence-corrected chi connectivity index (χ2v) is 8.49. The Labute approximate surface area is 186 Å². The van der Waals surface area contributed by atoms with Crippen molar-refractivity contribution in [2.45, 2.75) is 32.0 Å². The topological polar surface area (TPSA) is 95.2 Å². The van der Waals surface area contributed by atoms with Crippen LogP contribution in [0.5, 0.6) is 0 Å². The number of pyridine rings is 1. The van der Waals surface area contributed by atoms with Crippen LogP contribution in [-0.2, 0) is 16.1 Å². The number of carbonyl (C=O) groups is 1. The number of rotatable bonds is 5. The summed E-state index contributed by atoms with van der Waals surface area (Å²) in [5.41, 5.74) is 3.10. The molecule has 2 aliphatic rings. The SMILES string of the molecule is C[C@H]1CC2CN(C(=O)COCc3cccc4nccnc34)CC1N2c1ccc(C#N)cn1. The number of carbonyl (C=O) groups excluding carboxylic acids is 1. The van der Waals surface area contributed by atoms with Gasteiger partial charge in [-0.1, -0.05) is 19.1 Å². The second-order valence-electron chi connectivity index (χ2n) is 8.49. The quantitative estimate of drug-likeness (QED) is 0.616. The summed E-state index contributed by atoms with van der Waals surface area (Å²) in [6.07, 6.45) is 5.96. The zero-order valence-corrected chi connectivity index (χ0v) is 17.9. The number of nitrogens with zero attached hydrogens (tertiary/aromatic N) is 6. The summed E-state index contributed by atoms with van der Waals surface area (Å²) in [5.74, 6) is 1.35. The van der Waals surface area contributed by atoms with Crippen LogP contribution in [0.3, 0.4) is 0 Å². The van der Waals surface area contributed by atoms with Gasteiger partial charge < -0.3 is 14.5 Å². The number of fused-ring (bicyclic) bond motifs is 3. The summed E-state index contributed by atoms with van der Waals surface area (Å²) >= 11 is 0. The molecule has 32 heavy (non-hydrogen) atoms. The molecule has 3 aromatic rings. The molecule has 2 bridgehead atoms. The Bertz CT molecular complexity index is 1170. The van der Waals surface area contributed by atoms with Gasteiger partial charge in [-0.15, -0.1) is 0 Å². The molecule has 0 radical (unpaired) electrons. The summed E-state index contributed by atoms with van der Waals surface area (Å²) in [5, 5.41) is 9.02. The molecular weight excluding hydrogens is 404 g/mol. The molecule has 2 aromatic heterocycles. The van der Waals surface area contributed by atoms with E-state index in [1.807, 2.05) is 29.2 Å². The first-order valence-corrected chi connectivity index (χ1v) is 10.8. The maximum Gasteiger partial charge on any atom is 0.248 e. The highest BCUT2D eigenvalue weighted by Crippen LogP contribution is 2.37. The third kappa shape index (κ3) is 3.76. The fourth-order valence-electron chi connectivity index (χ4n) is 4.90. The molecule has 2 aliphatic heterocycles. The highest BCUT2D eigenvalue weighted by molar-refractivity contribution is 5.79. The van der Waals surface area contributed by atoms with E-state index >= 15 is 0 Å². The number of piperazine rings is 1. The smallest absolute Gasteiger partial charge is 0.248 e. The second kappa shape index (κ2) is 8.52. The van der Waals surface area contributed by atoms with Crippen molar-refractivity contribution in [1.82, 2.24) is 19.9 Å². The molecule has 8 heteroatoms. The Morgan fingerprint density at radius 3 is 2.84 bits per heavy atom. The lowest BCUT2D eigenvalue weighted by Crippen LogP contribution is -2.57. The number of hydrogen-bond acceptors (Lipinski definition) is 7. The number of hydrogen-bond donors (Lipinski definition) is 0. The van der Waals surface area contributed by atoms with Gasteiger partial charge in [-0.25, -0.2) is 4.98 Å². The minimum atomic E-state index is 0.00728. The van der Waals surface area contributed by atoms with Crippen LogP contribution in [-0.4, -0.2) is 57.5 Å². The van der Waals surface area contributed by atoms with Crippen LogP contribution in [0.1, 0.15) is 24.5 Å². The van der Waals surface area contributed by atoms with Crippen molar-refractivity contribution in [1.29, 1.82) is 5.26 Å². The average Bonchev–Trinajstić information content (AvgIpc) is 3.03. The summed E-state index contributed by atoms with van der Waals surface area (Å²) in [4.78, 5) is 30.3. The molecule has 0 aliphatic carbocycles. The number of para-hydroxylation sites is 1. The van der Waals surface area contributed by atoms with Crippen molar-refractivity contribution in [3.8, 4) is 6.07 Å². The van der Waals surface area contributed by atoms with Gasteiger partial charge in [-0.2, -0.15) is 5.26 Å². The van der Waals surface area contributed by atoms with E-state index in [4.69, 9.17) is 10.00 Å². The maximum atomic E-state index is 12.9. The zero-order chi connectivity index (χ0) is 22.1. The van der Waals surface area contributed by atoms with Gasteiger partial charge in [0.05, 0.1) is 29.2 Å². The number of aromatic nitrogens is 3. The highest BCUT2D eigenvalue weighted by atomic mass is 16.5. The average molecular weight is 428 g/mol. The molecule has 2 fully saturated rings. The van der Waals surface area contributed by atoms with Crippen molar-refractivity contribution in [3.05, 3.63) is 60.0 Å². The van der Waals surface area contributed by atoms with Crippen LogP contribution in [0.4, 0.5) is 5.82 Å². The van der Waals surface area contributed by atoms with E-state index in [2.05, 4.69) is 32.8 Å². The highest BCUT2D eigenvalue weighted by Gasteiger charge is 2.45. The Morgan fingerprint density at radius 1 is 1.19 bits per heavy atom. The molecular formula is C24H24N6O2. The van der Waals surface area contributed by atoms with Crippen LogP contribution < -0.4 is 4.90 Å². The maximum absolute atomic E-state index is 12.9. The number of amides is 1. The molecule has 1 amide bonds. The molecule has 3 atom stereocenters. The van der Waals surface area contributed by atoms with Crippen molar-refractivity contribution >= 4 is 22.8 Å². The van der Waals surface area contributed by atoms with E-state index in [0.29, 0.717) is 31.2 Å². The normalized spacial score (nSPS) is 22.2. The Morgan fingerprint density at radius 2 is 2.06 bits per heavy atom. The van der Waals surface area contributed by atoms with Gasteiger partial charge in [0.15, 0.2) is 0 Å². The fraction of sp³-hybridized carbons (Fsp3) is 0.375. The number of ether oxygens (including phenoxy) is 1. The van der Waals surface area contributed by atoms with E-state index in [1.54, 1.807) is 24.7 Å². The molecule has 4 heterocycles. The van der Waals surface area contributed by atoms with Crippen molar-refractivity contribution in [2.75, 3.05) is 24.6 Å². The van der Waals surface area contributed by atoms with Crippen LogP contribution in [0.2, 0.25) is 0 Å². The van der Waals surface area contributed by atoms with Crippen molar-refractivity contribution in [3.63, 3.8) is 0 Å². The van der Waals surface area contributed by atoms with E-state index in [0.717, 1.165) is 28.8 Å². The summed E-state index contributed by atoms with van der Waals surface area (Å²) in [6.45, 7) is 3.90. The molecule has 2 unspecified atom stereocenters. The molecule has 0 spiro atoms. The lowest BCUT2D eigenvalue weighted by atomic mass is 10.0. The summed E-state index contributed by atoms with van der Waals surface area (Å²) in [7, 11) is 0. The van der Waals surface area contributed by atoms with Crippen molar-refractivity contribution in [2.24, 2.45) is 5.92 Å². The van der Waals surface area contributed by atoms with Gasteiger partial charge in [0, 0.05) is 43.3 Å². The van der Waals surface area contributed by atoms with Gasteiger partial charge in [0.1, 0.15) is 18.5 Å². The number of likely N-dealkylation sites (tertiary alicyclic amines) is 1. The van der Waals surface area contributed by atoms with E-state index in [1.165, 1.54) is 0 Å². The van der Waals surface area contributed by atoms with Gasteiger partial charge >= 0.3 is 0 Å². The Hall–Kier alpha value is -3.57. The lowest BCUT2D eigenvalue weighted by Gasteiger charge is -2.42. The molecule has 162 valence electrons. The number of nitriles is 1. The van der Waals surface area contributed by atoms with E-state index in [9.17, 15) is 4.79 Å². The first-order valence-electron chi connectivity index (χ1n) is 10.8. The zero-order valence-electron chi connectivity index (χ0n) is 17.9. The van der Waals surface area contributed by atoms with Gasteiger partial charge in [0.2, 0.25) is 5.91 Å². The Kier molecular flexibility index (Phi) is 5.41. The van der Waals surface area contributed by atoms with Crippen LogP contribution in [0.25, 0.3) is 11.0 Å². The first kappa shape index (κ1) is 20.3. The molecule has 0 N–H and O–H groups in total. The molecule has 5 rings (SSSR count). The van der Waals surface area contributed by atoms with E-state index < -0.39 is 0 Å². The summed E-state index contributed by atoms with van der Waals surface area (Å²) in [6, 6.07) is 12.0. The minimum Gasteiger partial charge on any atom is -0.367 e. The predicted octanol–water partition coefficient (Wildman–Crippen LogP) is 2.54. The third-order valence-electron chi connectivity index (χ3n) is 6.45. The standard InChI is InChI=1S/C24H24N6O2/c1-16-9-19-12-29(13-21(16)30(19)22-6-5-17(10-25)11-28-22)23(31)15-32-14-18-3-2-4-20-24(18)27-8-7-26-20/h2-8,11,16,19,21H,9,12-15H2,1H3/t16-,19?,21?/m0/s1. The number of anilines is 1. The van der Waals surface area contributed by atoms with Crippen LogP contribution in [0.15, 0.2) is 48.9 Å². The fourth-order valence-corrected chi connectivity index (χ4v) is 4.90. The van der Waals surface area contributed by atoms with Crippen molar-refractivity contribution < 1.29 is 9.53 Å². The van der Waals surface area contributed by atoms with Gasteiger partial charge in [-0.05, 0) is 30.5 Å². The summed E-state index contributed by atoms with van der Waals surface area (Å²) < 4.78 is 5.78. The molecule has 8 nitrogen and oxygen atoms in total. The predicted molar refractivity (Wildman–Crippen MR) is 119 cm³/mol. The van der Waals surface area contributed by atoms with E-state index in [-0.39, 0.29) is 24.6 Å². The molecule has 1 aromatic carbocycles. The van der Waals surface area contributed by atoms with Crippen LogP contribution >= 0.6 is 0 Å². The lowest BCUT2D eigenvalue weighted by molar-refractivity contribution is -0.137. The monoisotopic (exact) mass is 428 g/mol. The number of benzene rings is 1. The van der Waals surface area contributed by atoms with Gasteiger partial charge in [-0.3, -0.25) is 14.8 Å². The largest absolute Gasteiger partial charge is 0.367 e. The Balaban J connectivity index is 1.22. The first-order chi connectivity index (χ1) is 15.6. The molecule has 2 saturated heterocycles. The van der Waals surface area contributed by atoms with Crippen LogP contribution in [0, 0.1) is 17.2 Å². The molecule has 0 saturated carbocycles.